The fraction of sp³-hybridized carbons (Fsp3) is 0.182. The molecule has 0 aromatic heterocycles. The first-order valence-electron chi connectivity index (χ1n) is 8.69. The van der Waals surface area contributed by atoms with Gasteiger partial charge in [0.2, 0.25) is 4.46 Å². The van der Waals surface area contributed by atoms with Crippen LogP contribution in [0.5, 0.6) is 0 Å². The molecule has 3 aromatic carbocycles. The van der Waals surface area contributed by atoms with Gasteiger partial charge in [0.25, 0.3) is 0 Å². The summed E-state index contributed by atoms with van der Waals surface area (Å²) in [4.78, 5) is 3.41. The highest BCUT2D eigenvalue weighted by Gasteiger charge is 2.76. The van der Waals surface area contributed by atoms with Crippen LogP contribution in [-0.4, -0.2) is 4.46 Å². The number of hydrogen-bond acceptors (Lipinski definition) is 2. The van der Waals surface area contributed by atoms with Gasteiger partial charge in [-0.05, 0) is 29.7 Å². The van der Waals surface area contributed by atoms with E-state index in [0.29, 0.717) is 0 Å². The predicted molar refractivity (Wildman–Crippen MR) is 111 cm³/mol. The number of fused-ring (bicyclic) bond motifs is 3. The largest absolute Gasteiger partial charge is 0.322 e. The van der Waals surface area contributed by atoms with Crippen LogP contribution < -0.4 is 4.90 Å². The highest BCUT2D eigenvalue weighted by molar-refractivity contribution is 7.99. The van der Waals surface area contributed by atoms with E-state index in [2.05, 4.69) is 83.8 Å². The second-order valence-corrected chi connectivity index (χ2v) is 9.32. The summed E-state index contributed by atoms with van der Waals surface area (Å²) in [6.07, 6.45) is 0.855. The molecular weight excluding hydrogens is 381 g/mol. The molecule has 2 atom stereocenters. The Hall–Kier alpha value is -1.61. The number of para-hydroxylation sites is 1. The van der Waals surface area contributed by atoms with Crippen molar-refractivity contribution in [2.45, 2.75) is 26.6 Å². The lowest BCUT2D eigenvalue weighted by molar-refractivity contribution is 0.605. The van der Waals surface area contributed by atoms with Crippen LogP contribution in [0.2, 0.25) is 0 Å². The molecule has 0 unspecified atom stereocenters. The van der Waals surface area contributed by atoms with E-state index < -0.39 is 10.00 Å². The van der Waals surface area contributed by atoms with Crippen molar-refractivity contribution in [2.75, 3.05) is 4.90 Å². The van der Waals surface area contributed by atoms with Crippen molar-refractivity contribution in [3.05, 3.63) is 96.1 Å². The molecule has 0 aliphatic carbocycles. The lowest BCUT2D eigenvalue weighted by Gasteiger charge is -2.22. The Morgan fingerprint density at radius 1 is 0.808 bits per heavy atom. The molecule has 3 aromatic rings. The molecule has 2 heterocycles. The summed E-state index contributed by atoms with van der Waals surface area (Å²) in [5.41, 5.74) is 3.17. The average molecular weight is 398 g/mol. The molecule has 1 nitrogen and oxygen atoms in total. The third kappa shape index (κ3) is 2.26. The van der Waals surface area contributed by atoms with Crippen molar-refractivity contribution in [3.63, 3.8) is 0 Å². The first kappa shape index (κ1) is 16.6. The number of rotatable bonds is 2. The minimum absolute atomic E-state index is 0.280. The van der Waals surface area contributed by atoms with E-state index in [1.807, 2.05) is 17.8 Å². The zero-order chi connectivity index (χ0) is 17.8. The third-order valence-corrected chi connectivity index (χ3v) is 7.67. The standard InChI is InChI=1S/C22H17Cl2NS/c23-22(24)21(17-11-5-2-6-12-17)15-20(16-9-3-1-4-10-16)26-19-14-8-7-13-18(19)25(21)22/h1-14,20H,15H2/t20-,21-,25?/m0/s1. The first-order valence-corrected chi connectivity index (χ1v) is 10.3. The number of nitrogens with zero attached hydrogens (tertiary/aromatic N) is 1. The van der Waals surface area contributed by atoms with Gasteiger partial charge in [-0.25, -0.2) is 0 Å². The smallest absolute Gasteiger partial charge is 0.219 e. The Morgan fingerprint density at radius 2 is 1.42 bits per heavy atom. The summed E-state index contributed by atoms with van der Waals surface area (Å²) < 4.78 is -0.946. The summed E-state index contributed by atoms with van der Waals surface area (Å²) in [5.74, 6) is 0. The van der Waals surface area contributed by atoms with Crippen LogP contribution in [0.3, 0.4) is 0 Å². The van der Waals surface area contributed by atoms with Crippen molar-refractivity contribution < 1.29 is 0 Å². The maximum absolute atomic E-state index is 6.94. The summed E-state index contributed by atoms with van der Waals surface area (Å²) in [6, 6.07) is 29.5. The fourth-order valence-electron chi connectivity index (χ4n) is 4.11. The summed E-state index contributed by atoms with van der Waals surface area (Å²) >= 11 is 15.8. The molecule has 2 aliphatic rings. The van der Waals surface area contributed by atoms with Crippen LogP contribution in [-0.2, 0) is 5.54 Å². The molecule has 0 bridgehead atoms. The van der Waals surface area contributed by atoms with E-state index in [9.17, 15) is 0 Å². The van der Waals surface area contributed by atoms with Crippen molar-refractivity contribution >= 4 is 40.7 Å². The second kappa shape index (κ2) is 5.95. The minimum atomic E-state index is -0.946. The normalized spacial score (nSPS) is 25.8. The van der Waals surface area contributed by atoms with Crippen molar-refractivity contribution in [3.8, 4) is 0 Å². The molecule has 130 valence electrons. The Bertz CT molecular complexity index is 945. The Kier molecular flexibility index (Phi) is 3.79. The molecule has 0 spiro atoms. The van der Waals surface area contributed by atoms with Gasteiger partial charge >= 0.3 is 0 Å². The average Bonchev–Trinajstić information content (AvgIpc) is 3.24. The highest BCUT2D eigenvalue weighted by atomic mass is 35.5. The van der Waals surface area contributed by atoms with E-state index in [0.717, 1.165) is 12.1 Å². The first-order chi connectivity index (χ1) is 12.6. The Morgan fingerprint density at radius 3 is 2.15 bits per heavy atom. The van der Waals surface area contributed by atoms with E-state index in [4.69, 9.17) is 23.2 Å². The van der Waals surface area contributed by atoms with Gasteiger partial charge < -0.3 is 4.90 Å². The third-order valence-electron chi connectivity index (χ3n) is 5.39. The van der Waals surface area contributed by atoms with Crippen molar-refractivity contribution in [2.24, 2.45) is 0 Å². The van der Waals surface area contributed by atoms with Gasteiger partial charge in [-0.1, -0.05) is 96.0 Å². The summed E-state index contributed by atoms with van der Waals surface area (Å²) in [7, 11) is 0. The Balaban J connectivity index is 1.71. The topological polar surface area (TPSA) is 3.01 Å². The molecular formula is C22H17Cl2NS. The minimum Gasteiger partial charge on any atom is -0.322 e. The van der Waals surface area contributed by atoms with Crippen LogP contribution in [0.25, 0.3) is 0 Å². The summed E-state index contributed by atoms with van der Waals surface area (Å²) in [5, 5.41) is 0.280. The molecule has 0 saturated carbocycles. The SMILES string of the molecule is ClC1(Cl)N2c3ccccc3S[C@H](c3ccccc3)C[C@@]21c1ccccc1. The van der Waals surface area contributed by atoms with Gasteiger partial charge in [-0.2, -0.15) is 0 Å². The van der Waals surface area contributed by atoms with Crippen LogP contribution in [0.15, 0.2) is 89.8 Å². The van der Waals surface area contributed by atoms with E-state index >= 15 is 0 Å². The second-order valence-electron chi connectivity index (χ2n) is 6.79. The lowest BCUT2D eigenvalue weighted by atomic mass is 9.91. The van der Waals surface area contributed by atoms with Crippen molar-refractivity contribution in [1.82, 2.24) is 0 Å². The maximum Gasteiger partial charge on any atom is 0.219 e. The van der Waals surface area contributed by atoms with Gasteiger partial charge in [-0.15, -0.1) is 11.8 Å². The molecule has 1 fully saturated rings. The molecule has 5 rings (SSSR count). The van der Waals surface area contributed by atoms with E-state index in [1.54, 1.807) is 0 Å². The van der Waals surface area contributed by atoms with Crippen LogP contribution in [0.1, 0.15) is 22.8 Å². The summed E-state index contributed by atoms with van der Waals surface area (Å²) in [6.45, 7) is 0. The molecule has 0 radical (unpaired) electrons. The predicted octanol–water partition coefficient (Wildman–Crippen LogP) is 6.77. The Labute approximate surface area is 167 Å². The number of benzene rings is 3. The van der Waals surface area contributed by atoms with E-state index in [1.165, 1.54) is 16.0 Å². The molecule has 26 heavy (non-hydrogen) atoms. The molecule has 1 saturated heterocycles. The quantitative estimate of drug-likeness (QED) is 0.266. The number of halogens is 2. The number of thioether (sulfide) groups is 1. The van der Waals surface area contributed by atoms with Gasteiger partial charge in [-0.3, -0.25) is 0 Å². The highest BCUT2D eigenvalue weighted by Crippen LogP contribution is 2.72. The number of hydrogen-bond donors (Lipinski definition) is 0. The molecule has 0 N–H and O–H groups in total. The number of alkyl halides is 2. The van der Waals surface area contributed by atoms with E-state index in [-0.39, 0.29) is 5.25 Å². The monoisotopic (exact) mass is 397 g/mol. The lowest BCUT2D eigenvalue weighted by Crippen LogP contribution is -2.19. The van der Waals surface area contributed by atoms with Gasteiger partial charge in [0.15, 0.2) is 0 Å². The molecule has 4 heteroatoms. The van der Waals surface area contributed by atoms with Gasteiger partial charge in [0.1, 0.15) is 5.54 Å². The van der Waals surface area contributed by atoms with Gasteiger partial charge in [0.05, 0.1) is 5.69 Å². The van der Waals surface area contributed by atoms with Crippen LogP contribution in [0, 0.1) is 0 Å². The van der Waals surface area contributed by atoms with Crippen LogP contribution in [0.4, 0.5) is 5.69 Å². The van der Waals surface area contributed by atoms with Crippen molar-refractivity contribution in [1.29, 1.82) is 0 Å². The maximum atomic E-state index is 6.94. The van der Waals surface area contributed by atoms with Crippen LogP contribution >= 0.6 is 35.0 Å². The molecule has 0 amide bonds. The zero-order valence-electron chi connectivity index (χ0n) is 14.0. The van der Waals surface area contributed by atoms with Gasteiger partial charge in [0, 0.05) is 10.1 Å². The zero-order valence-corrected chi connectivity index (χ0v) is 16.3. The molecule has 2 aliphatic heterocycles. The fourth-order valence-corrected chi connectivity index (χ4v) is 6.40. The number of anilines is 1.